The zero-order chi connectivity index (χ0) is 16.9. The molecular formula is C18H19N3O3. The van der Waals surface area contributed by atoms with Crippen molar-refractivity contribution in [2.75, 3.05) is 25.5 Å². The smallest absolute Gasteiger partial charge is 0.257 e. The van der Waals surface area contributed by atoms with Gasteiger partial charge in [0.05, 0.1) is 23.9 Å². The zero-order valence-electron chi connectivity index (χ0n) is 13.5. The van der Waals surface area contributed by atoms with Gasteiger partial charge in [0.25, 0.3) is 11.8 Å². The third-order valence-electron chi connectivity index (χ3n) is 4.00. The van der Waals surface area contributed by atoms with Crippen molar-refractivity contribution in [3.8, 4) is 5.75 Å². The number of para-hydroxylation sites is 2. The van der Waals surface area contributed by atoms with Crippen molar-refractivity contribution in [3.63, 3.8) is 0 Å². The number of anilines is 1. The van der Waals surface area contributed by atoms with E-state index in [-0.39, 0.29) is 11.8 Å². The van der Waals surface area contributed by atoms with Gasteiger partial charge in [-0.15, -0.1) is 0 Å². The molecule has 124 valence electrons. The van der Waals surface area contributed by atoms with Gasteiger partial charge in [-0.05, 0) is 31.0 Å². The molecule has 0 bridgehead atoms. The lowest BCUT2D eigenvalue weighted by Crippen LogP contribution is -2.28. The molecule has 1 saturated heterocycles. The van der Waals surface area contributed by atoms with Crippen molar-refractivity contribution >= 4 is 17.5 Å². The van der Waals surface area contributed by atoms with E-state index in [1.54, 1.807) is 30.2 Å². The first-order valence-electron chi connectivity index (χ1n) is 7.88. The first-order valence-corrected chi connectivity index (χ1v) is 7.88. The molecule has 0 unspecified atom stereocenters. The quantitative estimate of drug-likeness (QED) is 0.938. The van der Waals surface area contributed by atoms with Gasteiger partial charge in [-0.25, -0.2) is 0 Å². The van der Waals surface area contributed by atoms with Gasteiger partial charge in [-0.3, -0.25) is 14.6 Å². The molecule has 0 radical (unpaired) electrons. The Morgan fingerprint density at radius 1 is 1.12 bits per heavy atom. The number of benzene rings is 1. The molecule has 6 nitrogen and oxygen atoms in total. The van der Waals surface area contributed by atoms with Crippen LogP contribution in [-0.4, -0.2) is 41.9 Å². The van der Waals surface area contributed by atoms with Crippen LogP contribution in [0.4, 0.5) is 5.69 Å². The number of ether oxygens (including phenoxy) is 1. The van der Waals surface area contributed by atoms with Gasteiger partial charge < -0.3 is 15.0 Å². The lowest BCUT2D eigenvalue weighted by atomic mass is 10.1. The third kappa shape index (κ3) is 3.37. The maximum atomic E-state index is 12.4. The second-order valence-electron chi connectivity index (χ2n) is 5.62. The van der Waals surface area contributed by atoms with E-state index >= 15 is 0 Å². The molecule has 2 aromatic rings. The number of hydrogen-bond donors (Lipinski definition) is 1. The molecule has 3 rings (SSSR count). The van der Waals surface area contributed by atoms with Crippen LogP contribution in [0.5, 0.6) is 5.75 Å². The topological polar surface area (TPSA) is 71.5 Å². The maximum absolute atomic E-state index is 12.4. The maximum Gasteiger partial charge on any atom is 0.257 e. The van der Waals surface area contributed by atoms with Crippen LogP contribution < -0.4 is 10.1 Å². The Labute approximate surface area is 140 Å². The first-order chi connectivity index (χ1) is 11.7. The lowest BCUT2D eigenvalue weighted by Gasteiger charge is -2.15. The van der Waals surface area contributed by atoms with Crippen molar-refractivity contribution in [2.24, 2.45) is 0 Å². The minimum Gasteiger partial charge on any atom is -0.495 e. The number of carbonyl (C=O) groups excluding carboxylic acids is 2. The monoisotopic (exact) mass is 325 g/mol. The number of methoxy groups -OCH3 is 1. The van der Waals surface area contributed by atoms with Crippen LogP contribution in [0.2, 0.25) is 0 Å². The SMILES string of the molecule is COc1ccccc1NC(=O)c1cncc(C(=O)N2CCCC2)c1. The van der Waals surface area contributed by atoms with Gasteiger partial charge in [0.2, 0.25) is 0 Å². The van der Waals surface area contributed by atoms with E-state index in [2.05, 4.69) is 10.3 Å². The van der Waals surface area contributed by atoms with Crippen molar-refractivity contribution < 1.29 is 14.3 Å². The molecular weight excluding hydrogens is 306 g/mol. The Morgan fingerprint density at radius 2 is 1.83 bits per heavy atom. The van der Waals surface area contributed by atoms with Gasteiger partial charge in [0, 0.05) is 25.5 Å². The normalized spacial score (nSPS) is 13.6. The van der Waals surface area contributed by atoms with Gasteiger partial charge in [0.1, 0.15) is 5.75 Å². The van der Waals surface area contributed by atoms with E-state index in [1.807, 2.05) is 12.1 Å². The van der Waals surface area contributed by atoms with Crippen LogP contribution in [0.15, 0.2) is 42.7 Å². The third-order valence-corrected chi connectivity index (χ3v) is 4.00. The van der Waals surface area contributed by atoms with Crippen molar-refractivity contribution in [1.82, 2.24) is 9.88 Å². The number of carbonyl (C=O) groups is 2. The summed E-state index contributed by atoms with van der Waals surface area (Å²) in [6.45, 7) is 1.52. The predicted molar refractivity (Wildman–Crippen MR) is 90.3 cm³/mol. The van der Waals surface area contributed by atoms with Crippen LogP contribution >= 0.6 is 0 Å². The minimum absolute atomic E-state index is 0.0769. The zero-order valence-corrected chi connectivity index (χ0v) is 13.5. The molecule has 0 saturated carbocycles. The first kappa shape index (κ1) is 16.0. The summed E-state index contributed by atoms with van der Waals surface area (Å²) in [5.41, 5.74) is 1.34. The Hall–Kier alpha value is -2.89. The molecule has 1 N–H and O–H groups in total. The van der Waals surface area contributed by atoms with Crippen LogP contribution in [-0.2, 0) is 0 Å². The Bertz CT molecular complexity index is 755. The molecule has 2 amide bonds. The molecule has 1 aromatic heterocycles. The van der Waals surface area contributed by atoms with Crippen molar-refractivity contribution in [3.05, 3.63) is 53.9 Å². The van der Waals surface area contributed by atoms with Crippen LogP contribution in [0.25, 0.3) is 0 Å². The van der Waals surface area contributed by atoms with E-state index in [9.17, 15) is 9.59 Å². The molecule has 1 aliphatic rings. The average Bonchev–Trinajstić information content (AvgIpc) is 3.16. The summed E-state index contributed by atoms with van der Waals surface area (Å²) >= 11 is 0. The van der Waals surface area contributed by atoms with Crippen LogP contribution in [0.3, 0.4) is 0 Å². The summed E-state index contributed by atoms with van der Waals surface area (Å²) in [5.74, 6) is 0.165. The number of rotatable bonds is 4. The van der Waals surface area contributed by atoms with E-state index in [1.165, 1.54) is 12.4 Å². The van der Waals surface area contributed by atoms with E-state index in [0.29, 0.717) is 22.6 Å². The summed E-state index contributed by atoms with van der Waals surface area (Å²) in [5, 5.41) is 2.78. The molecule has 0 atom stereocenters. The number of aromatic nitrogens is 1. The van der Waals surface area contributed by atoms with Crippen molar-refractivity contribution in [1.29, 1.82) is 0 Å². The van der Waals surface area contributed by atoms with E-state index in [0.717, 1.165) is 25.9 Å². The fraction of sp³-hybridized carbons (Fsp3) is 0.278. The van der Waals surface area contributed by atoms with Crippen molar-refractivity contribution in [2.45, 2.75) is 12.8 Å². The van der Waals surface area contributed by atoms with Gasteiger partial charge in [-0.1, -0.05) is 12.1 Å². The highest BCUT2D eigenvalue weighted by molar-refractivity contribution is 6.06. The number of amides is 2. The predicted octanol–water partition coefficient (Wildman–Crippen LogP) is 2.58. The lowest BCUT2D eigenvalue weighted by molar-refractivity contribution is 0.0792. The highest BCUT2D eigenvalue weighted by atomic mass is 16.5. The van der Waals surface area contributed by atoms with Crippen LogP contribution in [0, 0.1) is 0 Å². The second kappa shape index (κ2) is 7.12. The highest BCUT2D eigenvalue weighted by Gasteiger charge is 2.21. The average molecular weight is 325 g/mol. The van der Waals surface area contributed by atoms with Gasteiger partial charge >= 0.3 is 0 Å². The number of hydrogen-bond acceptors (Lipinski definition) is 4. The number of likely N-dealkylation sites (tertiary alicyclic amines) is 1. The Balaban J connectivity index is 1.78. The van der Waals surface area contributed by atoms with Gasteiger partial charge in [-0.2, -0.15) is 0 Å². The number of pyridine rings is 1. The molecule has 0 spiro atoms. The molecule has 1 aromatic carbocycles. The van der Waals surface area contributed by atoms with Gasteiger partial charge in [0.15, 0.2) is 0 Å². The fourth-order valence-corrected chi connectivity index (χ4v) is 2.73. The highest BCUT2D eigenvalue weighted by Crippen LogP contribution is 2.23. The molecule has 2 heterocycles. The Kier molecular flexibility index (Phi) is 4.74. The van der Waals surface area contributed by atoms with Crippen LogP contribution in [0.1, 0.15) is 33.6 Å². The second-order valence-corrected chi connectivity index (χ2v) is 5.62. The minimum atomic E-state index is -0.330. The molecule has 24 heavy (non-hydrogen) atoms. The number of nitrogens with one attached hydrogen (secondary N) is 1. The van der Waals surface area contributed by atoms with E-state index < -0.39 is 0 Å². The summed E-state index contributed by atoms with van der Waals surface area (Å²) in [6.07, 6.45) is 4.99. The molecule has 1 aliphatic heterocycles. The number of nitrogens with zero attached hydrogens (tertiary/aromatic N) is 2. The van der Waals surface area contributed by atoms with E-state index in [4.69, 9.17) is 4.74 Å². The Morgan fingerprint density at radius 3 is 2.58 bits per heavy atom. The summed E-state index contributed by atoms with van der Waals surface area (Å²) in [7, 11) is 1.54. The molecule has 6 heteroatoms. The summed E-state index contributed by atoms with van der Waals surface area (Å²) < 4.78 is 5.22. The summed E-state index contributed by atoms with van der Waals surface area (Å²) in [6, 6.07) is 8.73. The molecule has 1 fully saturated rings. The largest absolute Gasteiger partial charge is 0.495 e. The fourth-order valence-electron chi connectivity index (χ4n) is 2.73. The standard InChI is InChI=1S/C18H19N3O3/c1-24-16-7-3-2-6-15(16)20-17(22)13-10-14(12-19-11-13)18(23)21-8-4-5-9-21/h2-3,6-7,10-12H,4-5,8-9H2,1H3,(H,20,22). The molecule has 0 aliphatic carbocycles. The summed E-state index contributed by atoms with van der Waals surface area (Å²) in [4.78, 5) is 30.7.